The fraction of sp³-hybridized carbons (Fsp3) is 0.533. The minimum absolute atomic E-state index is 0.135. The average Bonchev–Trinajstić information content (AvgIpc) is 2.46. The van der Waals surface area contributed by atoms with Crippen LogP contribution in [0.1, 0.15) is 0 Å². The Balaban J connectivity index is 1.53. The number of morpholine rings is 1. The monoisotopic (exact) mass is 339 g/mol. The van der Waals surface area contributed by atoms with Crippen molar-refractivity contribution < 1.29 is 17.9 Å². The van der Waals surface area contributed by atoms with E-state index in [1.165, 1.54) is 4.31 Å². The third kappa shape index (κ3) is 3.82. The van der Waals surface area contributed by atoms with E-state index in [9.17, 15) is 13.2 Å². The lowest BCUT2D eigenvalue weighted by molar-refractivity contribution is -0.122. The minimum atomic E-state index is -3.19. The zero-order valence-corrected chi connectivity index (χ0v) is 13.9. The number of benzene rings is 1. The smallest absolute Gasteiger partial charge is 0.230 e. The molecule has 1 aromatic rings. The first-order valence-corrected chi connectivity index (χ1v) is 9.47. The summed E-state index contributed by atoms with van der Waals surface area (Å²) in [5, 5.41) is 2.84. The van der Waals surface area contributed by atoms with Gasteiger partial charge in [0.15, 0.2) is 0 Å². The second-order valence-electron chi connectivity index (χ2n) is 5.91. The zero-order chi connectivity index (χ0) is 16.4. The molecule has 23 heavy (non-hydrogen) atoms. The fourth-order valence-corrected chi connectivity index (χ4v) is 3.60. The van der Waals surface area contributed by atoms with Gasteiger partial charge in [-0.2, -0.15) is 0 Å². The van der Waals surface area contributed by atoms with Crippen molar-refractivity contribution in [1.29, 1.82) is 0 Å². The first-order valence-electron chi connectivity index (χ1n) is 7.62. The summed E-state index contributed by atoms with van der Waals surface area (Å²) in [6.07, 6.45) is 1.16. The Morgan fingerprint density at radius 2 is 1.78 bits per heavy atom. The molecule has 3 rings (SSSR count). The van der Waals surface area contributed by atoms with Gasteiger partial charge in [0.05, 0.1) is 25.4 Å². The van der Waals surface area contributed by atoms with Gasteiger partial charge in [-0.25, -0.2) is 12.7 Å². The quantitative estimate of drug-likeness (QED) is 0.856. The van der Waals surface area contributed by atoms with Gasteiger partial charge in [0.2, 0.25) is 15.9 Å². The van der Waals surface area contributed by atoms with E-state index in [0.29, 0.717) is 0 Å². The third-order valence-electron chi connectivity index (χ3n) is 4.20. The highest BCUT2D eigenvalue weighted by molar-refractivity contribution is 7.88. The number of rotatable bonds is 4. The molecule has 2 fully saturated rings. The van der Waals surface area contributed by atoms with E-state index in [4.69, 9.17) is 4.74 Å². The molecule has 0 radical (unpaired) electrons. The van der Waals surface area contributed by atoms with Crippen LogP contribution in [-0.2, 0) is 19.6 Å². The van der Waals surface area contributed by atoms with E-state index in [1.807, 2.05) is 24.3 Å². The average molecular weight is 339 g/mol. The van der Waals surface area contributed by atoms with Gasteiger partial charge in [0.25, 0.3) is 0 Å². The normalized spacial score (nSPS) is 20.1. The lowest BCUT2D eigenvalue weighted by Crippen LogP contribution is -2.53. The molecule has 2 heterocycles. The van der Waals surface area contributed by atoms with Gasteiger partial charge in [0, 0.05) is 37.6 Å². The van der Waals surface area contributed by atoms with Crippen LogP contribution >= 0.6 is 0 Å². The van der Waals surface area contributed by atoms with Crippen molar-refractivity contribution in [1.82, 2.24) is 4.31 Å². The number of nitrogens with one attached hydrogen (secondary N) is 1. The van der Waals surface area contributed by atoms with Crippen molar-refractivity contribution in [3.05, 3.63) is 24.3 Å². The summed E-state index contributed by atoms with van der Waals surface area (Å²) in [7, 11) is -3.19. The molecule has 0 saturated carbocycles. The molecular formula is C15H21N3O4S. The van der Waals surface area contributed by atoms with Gasteiger partial charge < -0.3 is 15.0 Å². The maximum atomic E-state index is 12.1. The van der Waals surface area contributed by atoms with Gasteiger partial charge in [-0.1, -0.05) is 0 Å². The molecular weight excluding hydrogens is 318 g/mol. The first kappa shape index (κ1) is 16.2. The van der Waals surface area contributed by atoms with Crippen LogP contribution in [0.25, 0.3) is 0 Å². The molecule has 1 aromatic carbocycles. The van der Waals surface area contributed by atoms with Crippen LogP contribution in [0.5, 0.6) is 0 Å². The molecule has 2 aliphatic rings. The lowest BCUT2D eigenvalue weighted by atomic mass is 10.0. The molecule has 0 aromatic heterocycles. The number of amides is 1. The van der Waals surface area contributed by atoms with Crippen molar-refractivity contribution >= 4 is 27.3 Å². The predicted molar refractivity (Wildman–Crippen MR) is 88.0 cm³/mol. The number of nitrogens with zero attached hydrogens (tertiary/aromatic N) is 2. The molecule has 1 N–H and O–H groups in total. The molecule has 0 unspecified atom stereocenters. The summed E-state index contributed by atoms with van der Waals surface area (Å²) < 4.78 is 29.3. The van der Waals surface area contributed by atoms with Gasteiger partial charge in [-0.3, -0.25) is 4.79 Å². The maximum Gasteiger partial charge on any atom is 0.230 e. The number of sulfonamides is 1. The molecule has 2 saturated heterocycles. The molecule has 0 aliphatic carbocycles. The Hall–Kier alpha value is -1.64. The van der Waals surface area contributed by atoms with Crippen molar-refractivity contribution in [3.8, 4) is 0 Å². The summed E-state index contributed by atoms with van der Waals surface area (Å²) >= 11 is 0. The fourth-order valence-electron chi connectivity index (χ4n) is 2.70. The van der Waals surface area contributed by atoms with Crippen LogP contribution in [0.2, 0.25) is 0 Å². The van der Waals surface area contributed by atoms with E-state index in [-0.39, 0.29) is 24.9 Å². The van der Waals surface area contributed by atoms with Crippen LogP contribution in [0.3, 0.4) is 0 Å². The Morgan fingerprint density at radius 3 is 2.35 bits per heavy atom. The summed E-state index contributed by atoms with van der Waals surface area (Å²) in [5.41, 5.74) is 1.84. The molecule has 0 atom stereocenters. The minimum Gasteiger partial charge on any atom is -0.378 e. The Morgan fingerprint density at radius 1 is 1.17 bits per heavy atom. The number of hydrogen-bond donors (Lipinski definition) is 1. The van der Waals surface area contributed by atoms with Crippen molar-refractivity contribution in [2.45, 2.75) is 0 Å². The maximum absolute atomic E-state index is 12.1. The van der Waals surface area contributed by atoms with E-state index < -0.39 is 10.0 Å². The number of carbonyl (C=O) groups is 1. The second kappa shape index (κ2) is 6.46. The Labute approximate surface area is 136 Å². The van der Waals surface area contributed by atoms with Crippen molar-refractivity contribution in [3.63, 3.8) is 0 Å². The molecule has 1 amide bonds. The van der Waals surface area contributed by atoms with Crippen LogP contribution < -0.4 is 10.2 Å². The highest BCUT2D eigenvalue weighted by Gasteiger charge is 2.37. The van der Waals surface area contributed by atoms with E-state index in [0.717, 1.165) is 43.9 Å². The molecule has 7 nitrogen and oxygen atoms in total. The van der Waals surface area contributed by atoms with E-state index in [1.54, 1.807) is 0 Å². The summed E-state index contributed by atoms with van der Waals surface area (Å²) in [6.45, 7) is 3.73. The molecule has 2 aliphatic heterocycles. The number of ether oxygens (including phenoxy) is 1. The predicted octanol–water partition coefficient (Wildman–Crippen LogP) is 0.353. The van der Waals surface area contributed by atoms with E-state index in [2.05, 4.69) is 10.2 Å². The van der Waals surface area contributed by atoms with Gasteiger partial charge in [-0.15, -0.1) is 0 Å². The SMILES string of the molecule is CS(=O)(=O)N1CC(C(=O)Nc2ccc(N3CCOCC3)cc2)C1. The summed E-state index contributed by atoms with van der Waals surface area (Å²) in [6, 6.07) is 7.69. The van der Waals surface area contributed by atoms with Crippen LogP contribution in [0.15, 0.2) is 24.3 Å². The summed E-state index contributed by atoms with van der Waals surface area (Å²) in [4.78, 5) is 14.3. The van der Waals surface area contributed by atoms with Gasteiger partial charge in [0.1, 0.15) is 0 Å². The Kier molecular flexibility index (Phi) is 4.56. The molecule has 0 spiro atoms. The topological polar surface area (TPSA) is 79.0 Å². The number of carbonyl (C=O) groups excluding carboxylic acids is 1. The molecule has 0 bridgehead atoms. The first-order chi connectivity index (χ1) is 10.9. The van der Waals surface area contributed by atoms with Gasteiger partial charge in [-0.05, 0) is 24.3 Å². The van der Waals surface area contributed by atoms with Gasteiger partial charge >= 0.3 is 0 Å². The second-order valence-corrected chi connectivity index (χ2v) is 7.89. The number of hydrogen-bond acceptors (Lipinski definition) is 5. The highest BCUT2D eigenvalue weighted by Crippen LogP contribution is 2.22. The molecule has 8 heteroatoms. The highest BCUT2D eigenvalue weighted by atomic mass is 32.2. The van der Waals surface area contributed by atoms with Crippen molar-refractivity contribution in [2.75, 3.05) is 55.9 Å². The van der Waals surface area contributed by atoms with Crippen molar-refractivity contribution in [2.24, 2.45) is 5.92 Å². The van der Waals surface area contributed by atoms with E-state index >= 15 is 0 Å². The lowest BCUT2D eigenvalue weighted by Gasteiger charge is -2.36. The number of anilines is 2. The largest absolute Gasteiger partial charge is 0.378 e. The van der Waals surface area contributed by atoms with Crippen LogP contribution in [0.4, 0.5) is 11.4 Å². The zero-order valence-electron chi connectivity index (χ0n) is 13.1. The van der Waals surface area contributed by atoms with Crippen LogP contribution in [-0.4, -0.2) is 64.3 Å². The third-order valence-corrected chi connectivity index (χ3v) is 5.44. The molecule has 126 valence electrons. The standard InChI is InChI=1S/C15H21N3O4S/c1-23(20,21)18-10-12(11-18)15(19)16-13-2-4-14(5-3-13)17-6-8-22-9-7-17/h2-5,12H,6-11H2,1H3,(H,16,19). The Bertz CT molecular complexity index is 662. The van der Waals surface area contributed by atoms with Crippen LogP contribution in [0, 0.1) is 5.92 Å². The summed E-state index contributed by atoms with van der Waals surface area (Å²) in [5.74, 6) is -0.410.